The molecule has 2 heterocycles. The Labute approximate surface area is 139 Å². The van der Waals surface area contributed by atoms with Crippen LogP contribution in [0.3, 0.4) is 0 Å². The number of benzene rings is 2. The van der Waals surface area contributed by atoms with Crippen molar-refractivity contribution >= 4 is 11.5 Å². The van der Waals surface area contributed by atoms with E-state index in [1.165, 1.54) is 4.68 Å². The second kappa shape index (κ2) is 5.49. The quantitative estimate of drug-likeness (QED) is 0.781. The Bertz CT molecular complexity index is 951. The number of hydrogen-bond donors (Lipinski definition) is 1. The molecule has 0 spiro atoms. The molecule has 24 heavy (non-hydrogen) atoms. The Morgan fingerprint density at radius 2 is 1.71 bits per heavy atom. The van der Waals surface area contributed by atoms with Gasteiger partial charge in [-0.25, -0.2) is 4.68 Å². The average molecular weight is 316 g/mol. The highest BCUT2D eigenvalue weighted by Gasteiger charge is 2.25. The summed E-state index contributed by atoms with van der Waals surface area (Å²) in [5.74, 6) is 0.0805. The van der Waals surface area contributed by atoms with Crippen LogP contribution in [0.1, 0.15) is 21.7 Å². The number of carbonyl (C=O) groups excluding carboxylic acids is 1. The van der Waals surface area contributed by atoms with E-state index in [1.807, 2.05) is 49.4 Å². The average Bonchev–Trinajstić information content (AvgIpc) is 2.93. The Morgan fingerprint density at radius 3 is 2.42 bits per heavy atom. The molecule has 4 rings (SSSR count). The molecule has 0 radical (unpaired) electrons. The van der Waals surface area contributed by atoms with E-state index < -0.39 is 0 Å². The van der Waals surface area contributed by atoms with Gasteiger partial charge in [-0.2, -0.15) is 5.10 Å². The lowest BCUT2D eigenvalue weighted by Crippen LogP contribution is -2.19. The van der Waals surface area contributed by atoms with Crippen molar-refractivity contribution in [1.82, 2.24) is 9.78 Å². The van der Waals surface area contributed by atoms with Gasteiger partial charge in [0.25, 0.3) is 5.91 Å². The molecule has 4 nitrogen and oxygen atoms in total. The zero-order valence-corrected chi connectivity index (χ0v) is 13.2. The van der Waals surface area contributed by atoms with E-state index >= 15 is 0 Å². The molecule has 0 fully saturated rings. The third-order valence-corrected chi connectivity index (χ3v) is 4.32. The predicted molar refractivity (Wildman–Crippen MR) is 92.8 cm³/mol. The number of aromatic nitrogens is 2. The number of fused-ring (bicyclic) bond motifs is 1. The van der Waals surface area contributed by atoms with E-state index in [9.17, 15) is 9.90 Å². The highest BCUT2D eigenvalue weighted by atomic mass is 16.3. The van der Waals surface area contributed by atoms with Crippen LogP contribution >= 0.6 is 0 Å². The lowest BCUT2D eigenvalue weighted by Gasteiger charge is -2.16. The number of phenols is 1. The van der Waals surface area contributed by atoms with Crippen LogP contribution in [0.25, 0.3) is 16.7 Å². The van der Waals surface area contributed by atoms with E-state index in [1.54, 1.807) is 18.2 Å². The van der Waals surface area contributed by atoms with E-state index in [2.05, 4.69) is 5.10 Å². The number of rotatable bonds is 2. The van der Waals surface area contributed by atoms with E-state index in [4.69, 9.17) is 0 Å². The second-order valence-corrected chi connectivity index (χ2v) is 5.92. The van der Waals surface area contributed by atoms with Gasteiger partial charge in [0.05, 0.1) is 11.4 Å². The standard InChI is InChI=1S/C20H16N2O2/c1-13-20(15-5-3-2-4-6-15)18-11-16(12-19(24)22(18)21-13)14-7-9-17(23)10-8-14/h2-10,12,23H,11H2,1H3. The number of carbonyl (C=O) groups is 1. The SMILES string of the molecule is Cc1nn2c(c1-c1ccccc1)CC(c1ccc(O)cc1)=CC2=O. The molecule has 0 aliphatic carbocycles. The summed E-state index contributed by atoms with van der Waals surface area (Å²) >= 11 is 0. The Morgan fingerprint density at radius 1 is 1.00 bits per heavy atom. The van der Waals surface area contributed by atoms with E-state index in [0.29, 0.717) is 6.42 Å². The van der Waals surface area contributed by atoms with Crippen molar-refractivity contribution in [3.05, 3.63) is 77.6 Å². The van der Waals surface area contributed by atoms with Crippen LogP contribution in [0.4, 0.5) is 0 Å². The highest BCUT2D eigenvalue weighted by molar-refractivity contribution is 6.00. The minimum atomic E-state index is -0.135. The molecule has 0 unspecified atom stereocenters. The summed E-state index contributed by atoms with van der Waals surface area (Å²) in [6, 6.07) is 16.9. The zero-order chi connectivity index (χ0) is 16.7. The monoisotopic (exact) mass is 316 g/mol. The van der Waals surface area contributed by atoms with Gasteiger partial charge in [-0.3, -0.25) is 4.79 Å². The number of allylic oxidation sites excluding steroid dienone is 2. The summed E-state index contributed by atoms with van der Waals surface area (Å²) in [5, 5.41) is 13.9. The summed E-state index contributed by atoms with van der Waals surface area (Å²) in [5.41, 5.74) is 5.72. The molecule has 1 aromatic heterocycles. The third-order valence-electron chi connectivity index (χ3n) is 4.32. The second-order valence-electron chi connectivity index (χ2n) is 5.92. The van der Waals surface area contributed by atoms with Gasteiger partial charge in [-0.15, -0.1) is 0 Å². The van der Waals surface area contributed by atoms with Crippen LogP contribution in [0.15, 0.2) is 60.7 Å². The molecule has 3 aromatic rings. The fraction of sp³-hybridized carbons (Fsp3) is 0.100. The molecular formula is C20H16N2O2. The Kier molecular flexibility index (Phi) is 3.31. The van der Waals surface area contributed by atoms with Gasteiger partial charge in [-0.1, -0.05) is 42.5 Å². The molecule has 118 valence electrons. The topological polar surface area (TPSA) is 55.1 Å². The first-order chi connectivity index (χ1) is 11.6. The molecule has 1 N–H and O–H groups in total. The molecule has 0 atom stereocenters. The normalized spacial score (nSPS) is 13.5. The first-order valence-corrected chi connectivity index (χ1v) is 7.82. The zero-order valence-electron chi connectivity index (χ0n) is 13.2. The smallest absolute Gasteiger partial charge is 0.271 e. The van der Waals surface area contributed by atoms with Gasteiger partial charge in [-0.05, 0) is 35.8 Å². The van der Waals surface area contributed by atoms with Crippen LogP contribution in [0.5, 0.6) is 5.75 Å². The molecule has 4 heteroatoms. The minimum absolute atomic E-state index is 0.135. The fourth-order valence-electron chi connectivity index (χ4n) is 3.20. The molecule has 0 saturated heterocycles. The molecule has 0 amide bonds. The lowest BCUT2D eigenvalue weighted by molar-refractivity contribution is 0.0948. The summed E-state index contributed by atoms with van der Waals surface area (Å²) in [6.07, 6.45) is 2.25. The number of aryl methyl sites for hydroxylation is 1. The van der Waals surface area contributed by atoms with Gasteiger partial charge in [0.2, 0.25) is 0 Å². The van der Waals surface area contributed by atoms with Crippen molar-refractivity contribution in [2.24, 2.45) is 0 Å². The van der Waals surface area contributed by atoms with Gasteiger partial charge in [0.1, 0.15) is 5.75 Å². The summed E-state index contributed by atoms with van der Waals surface area (Å²) in [4.78, 5) is 12.5. The number of phenolic OH excluding ortho intramolecular Hbond substituents is 1. The first-order valence-electron chi connectivity index (χ1n) is 7.82. The van der Waals surface area contributed by atoms with E-state index in [0.717, 1.165) is 33.7 Å². The van der Waals surface area contributed by atoms with Crippen molar-refractivity contribution in [3.8, 4) is 16.9 Å². The lowest BCUT2D eigenvalue weighted by atomic mass is 9.93. The largest absolute Gasteiger partial charge is 0.508 e. The summed E-state index contributed by atoms with van der Waals surface area (Å²) in [6.45, 7) is 1.93. The van der Waals surface area contributed by atoms with Crippen LogP contribution < -0.4 is 0 Å². The first kappa shape index (κ1) is 14.5. The van der Waals surface area contributed by atoms with Gasteiger partial charge in [0.15, 0.2) is 0 Å². The Hall–Kier alpha value is -3.14. The third kappa shape index (κ3) is 2.33. The maximum atomic E-state index is 12.5. The van der Waals surface area contributed by atoms with Crippen LogP contribution in [0, 0.1) is 6.92 Å². The Balaban J connectivity index is 1.82. The van der Waals surface area contributed by atoms with Crippen molar-refractivity contribution in [1.29, 1.82) is 0 Å². The molecule has 0 saturated carbocycles. The summed E-state index contributed by atoms with van der Waals surface area (Å²) < 4.78 is 1.50. The predicted octanol–water partition coefficient (Wildman–Crippen LogP) is 3.84. The van der Waals surface area contributed by atoms with Crippen molar-refractivity contribution < 1.29 is 9.90 Å². The molecular weight excluding hydrogens is 300 g/mol. The van der Waals surface area contributed by atoms with Crippen LogP contribution in [0.2, 0.25) is 0 Å². The molecule has 0 bridgehead atoms. The highest BCUT2D eigenvalue weighted by Crippen LogP contribution is 2.33. The van der Waals surface area contributed by atoms with Crippen molar-refractivity contribution in [2.45, 2.75) is 13.3 Å². The van der Waals surface area contributed by atoms with Crippen molar-refractivity contribution in [3.63, 3.8) is 0 Å². The van der Waals surface area contributed by atoms with E-state index in [-0.39, 0.29) is 11.7 Å². The van der Waals surface area contributed by atoms with Crippen LogP contribution in [-0.2, 0) is 6.42 Å². The molecule has 1 aliphatic rings. The maximum Gasteiger partial charge on any atom is 0.271 e. The van der Waals surface area contributed by atoms with Crippen molar-refractivity contribution in [2.75, 3.05) is 0 Å². The van der Waals surface area contributed by atoms with Gasteiger partial charge in [0, 0.05) is 18.1 Å². The number of hydrogen-bond acceptors (Lipinski definition) is 3. The van der Waals surface area contributed by atoms with Gasteiger partial charge < -0.3 is 5.11 Å². The maximum absolute atomic E-state index is 12.5. The minimum Gasteiger partial charge on any atom is -0.508 e. The van der Waals surface area contributed by atoms with Gasteiger partial charge >= 0.3 is 0 Å². The fourth-order valence-corrected chi connectivity index (χ4v) is 3.20. The molecule has 2 aromatic carbocycles. The van der Waals surface area contributed by atoms with Crippen LogP contribution in [-0.4, -0.2) is 20.8 Å². The summed E-state index contributed by atoms with van der Waals surface area (Å²) in [7, 11) is 0. The number of nitrogens with zero attached hydrogens (tertiary/aromatic N) is 2. The molecule has 1 aliphatic heterocycles. The number of aromatic hydroxyl groups is 1.